The first-order valence-electron chi connectivity index (χ1n) is 10.1. The van der Waals surface area contributed by atoms with Crippen molar-refractivity contribution in [2.75, 3.05) is 11.9 Å². The fraction of sp³-hybridized carbons (Fsp3) is 0.500. The maximum Gasteiger partial charge on any atom is 0.387 e. The number of carbonyl (C=O) groups is 1. The number of ether oxygens (including phenoxy) is 2. The highest BCUT2D eigenvalue weighted by Gasteiger charge is 2.37. The molecule has 1 aromatic heterocycles. The molecule has 2 aromatic rings. The summed E-state index contributed by atoms with van der Waals surface area (Å²) in [6.45, 7) is 0.991. The third-order valence-electron chi connectivity index (χ3n) is 4.90. The van der Waals surface area contributed by atoms with Crippen LogP contribution in [0.3, 0.4) is 0 Å². The smallest absolute Gasteiger partial charge is 0.387 e. The van der Waals surface area contributed by atoms with Crippen LogP contribution in [0.4, 0.5) is 14.7 Å². The Bertz CT molecular complexity index is 951. The number of nitrogens with zero attached hydrogens (tertiary/aromatic N) is 4. The zero-order chi connectivity index (χ0) is 22.4. The quantitative estimate of drug-likeness (QED) is 0.409. The van der Waals surface area contributed by atoms with E-state index in [1.807, 2.05) is 0 Å². The van der Waals surface area contributed by atoms with Gasteiger partial charge in [-0.25, -0.2) is 4.79 Å². The van der Waals surface area contributed by atoms with Crippen molar-refractivity contribution >= 4 is 23.5 Å². The summed E-state index contributed by atoms with van der Waals surface area (Å²) in [5, 5.41) is 14.7. The maximum absolute atomic E-state index is 13.0. The number of rotatable bonds is 10. The molecule has 31 heavy (non-hydrogen) atoms. The molecule has 0 fully saturated rings. The second-order valence-corrected chi connectivity index (χ2v) is 7.56. The van der Waals surface area contributed by atoms with Crippen molar-refractivity contribution in [3.63, 3.8) is 0 Å². The van der Waals surface area contributed by atoms with Crippen molar-refractivity contribution in [3.05, 3.63) is 40.1 Å². The molecular formula is C20H24ClF2N5O3. The number of unbranched alkanes of at least 4 members (excludes halogenated alkanes) is 4. The molecule has 8 nitrogen and oxygen atoms in total. The zero-order valence-electron chi connectivity index (χ0n) is 17.3. The predicted molar refractivity (Wildman–Crippen MR) is 110 cm³/mol. The summed E-state index contributed by atoms with van der Waals surface area (Å²) >= 11 is 6.13. The van der Waals surface area contributed by atoms with Crippen LogP contribution in [-0.4, -0.2) is 39.4 Å². The first-order chi connectivity index (χ1) is 14.9. The van der Waals surface area contributed by atoms with Crippen molar-refractivity contribution in [1.29, 1.82) is 0 Å². The van der Waals surface area contributed by atoms with Crippen LogP contribution in [0.15, 0.2) is 29.5 Å². The summed E-state index contributed by atoms with van der Waals surface area (Å²) < 4.78 is 37.5. The number of nitrogens with one attached hydrogen (secondary N) is 1. The minimum Gasteiger partial charge on any atom is -0.462 e. The summed E-state index contributed by atoms with van der Waals surface area (Å²) in [6, 6.07) is 3.25. The molecule has 0 radical (unpaired) electrons. The molecule has 1 aliphatic heterocycles. The third-order valence-corrected chi connectivity index (χ3v) is 5.13. The van der Waals surface area contributed by atoms with Gasteiger partial charge in [0.15, 0.2) is 0 Å². The Hall–Kier alpha value is -2.75. The Kier molecular flexibility index (Phi) is 7.78. The lowest BCUT2D eigenvalue weighted by Gasteiger charge is -2.28. The van der Waals surface area contributed by atoms with Crippen molar-refractivity contribution in [3.8, 4) is 5.75 Å². The minimum absolute atomic E-state index is 0.134. The molecule has 0 saturated carbocycles. The molecule has 11 heteroatoms. The predicted octanol–water partition coefficient (Wildman–Crippen LogP) is 4.73. The van der Waals surface area contributed by atoms with E-state index in [1.165, 1.54) is 22.9 Å². The van der Waals surface area contributed by atoms with Crippen molar-refractivity contribution in [1.82, 2.24) is 20.2 Å². The number of esters is 1. The number of hydrogen-bond acceptors (Lipinski definition) is 7. The number of fused-ring (bicyclic) bond motifs is 1. The molecule has 2 heterocycles. The van der Waals surface area contributed by atoms with Gasteiger partial charge in [0.1, 0.15) is 11.8 Å². The van der Waals surface area contributed by atoms with Gasteiger partial charge in [0.05, 0.1) is 12.2 Å². The third kappa shape index (κ3) is 5.49. The van der Waals surface area contributed by atoms with E-state index in [9.17, 15) is 13.6 Å². The highest BCUT2D eigenvalue weighted by atomic mass is 35.5. The number of tetrazole rings is 1. The number of carbonyl (C=O) groups excluding carboxylic acids is 1. The highest BCUT2D eigenvalue weighted by molar-refractivity contribution is 6.30. The first kappa shape index (κ1) is 22.9. The fourth-order valence-electron chi connectivity index (χ4n) is 3.45. The maximum atomic E-state index is 13.0. The van der Waals surface area contributed by atoms with Gasteiger partial charge in [-0.15, -0.1) is 0 Å². The first-order valence-corrected chi connectivity index (χ1v) is 10.5. The minimum atomic E-state index is -3.06. The van der Waals surface area contributed by atoms with Gasteiger partial charge in [0.25, 0.3) is 0 Å². The Morgan fingerprint density at radius 2 is 2.06 bits per heavy atom. The van der Waals surface area contributed by atoms with Crippen LogP contribution in [0.1, 0.15) is 57.6 Å². The number of aromatic nitrogens is 4. The van der Waals surface area contributed by atoms with Gasteiger partial charge < -0.3 is 14.8 Å². The molecule has 168 valence electrons. The van der Waals surface area contributed by atoms with Gasteiger partial charge in [-0.05, 0) is 42.0 Å². The number of benzene rings is 1. The summed E-state index contributed by atoms with van der Waals surface area (Å²) in [4.78, 5) is 13.0. The normalized spacial score (nSPS) is 15.6. The SMILES string of the molecule is CCCCCCCOC(=O)C1=C(C)Nc2nnnn2C1c1cc(Cl)ccc1OC(F)F. The van der Waals surface area contributed by atoms with Crippen molar-refractivity contribution in [2.24, 2.45) is 0 Å². The van der Waals surface area contributed by atoms with Gasteiger partial charge in [0, 0.05) is 16.3 Å². The number of halogens is 3. The number of alkyl halides is 2. The van der Waals surface area contributed by atoms with E-state index < -0.39 is 18.6 Å². The van der Waals surface area contributed by atoms with E-state index in [0.29, 0.717) is 5.70 Å². The zero-order valence-corrected chi connectivity index (χ0v) is 18.0. The van der Waals surface area contributed by atoms with Crippen molar-refractivity contribution in [2.45, 2.75) is 58.6 Å². The number of allylic oxidation sites excluding steroid dienone is 1. The summed E-state index contributed by atoms with van der Waals surface area (Å²) in [5.41, 5.74) is 0.859. The van der Waals surface area contributed by atoms with Crippen LogP contribution >= 0.6 is 11.6 Å². The molecule has 1 N–H and O–H groups in total. The molecule has 0 amide bonds. The topological polar surface area (TPSA) is 91.2 Å². The Morgan fingerprint density at radius 3 is 2.81 bits per heavy atom. The molecule has 0 saturated heterocycles. The van der Waals surface area contributed by atoms with Gasteiger partial charge in [-0.1, -0.05) is 49.3 Å². The van der Waals surface area contributed by atoms with Gasteiger partial charge in [0.2, 0.25) is 5.95 Å². The average Bonchev–Trinajstić information content (AvgIpc) is 3.18. The van der Waals surface area contributed by atoms with E-state index >= 15 is 0 Å². The van der Waals surface area contributed by atoms with E-state index in [-0.39, 0.29) is 34.5 Å². The summed E-state index contributed by atoms with van der Waals surface area (Å²) in [7, 11) is 0. The molecule has 1 atom stereocenters. The fourth-order valence-corrected chi connectivity index (χ4v) is 3.63. The molecule has 1 aromatic carbocycles. The van der Waals surface area contributed by atoms with Crippen LogP contribution in [0.25, 0.3) is 0 Å². The lowest BCUT2D eigenvalue weighted by Crippen LogP contribution is -2.30. The van der Waals surface area contributed by atoms with Crippen LogP contribution < -0.4 is 10.1 Å². The second-order valence-electron chi connectivity index (χ2n) is 7.12. The standard InChI is InChI=1S/C20H24ClF2N5O3/c1-3-4-5-6-7-10-30-18(29)16-12(2)24-20-25-26-27-28(20)17(16)14-11-13(21)8-9-15(14)31-19(22)23/h8-9,11,17,19H,3-7,10H2,1-2H3,(H,24,25,27). The summed E-state index contributed by atoms with van der Waals surface area (Å²) in [5.74, 6) is -0.471. The molecule has 1 unspecified atom stereocenters. The van der Waals surface area contributed by atoms with Gasteiger partial charge in [-0.2, -0.15) is 13.5 Å². The molecule has 3 rings (SSSR count). The van der Waals surface area contributed by atoms with Crippen LogP contribution in [0.2, 0.25) is 5.02 Å². The van der Waals surface area contributed by atoms with E-state index in [1.54, 1.807) is 6.92 Å². The average molecular weight is 456 g/mol. The Balaban J connectivity index is 1.91. The Labute approximate surface area is 183 Å². The summed E-state index contributed by atoms with van der Waals surface area (Å²) in [6.07, 6.45) is 5.02. The van der Waals surface area contributed by atoms with Crippen molar-refractivity contribution < 1.29 is 23.0 Å². The molecular weight excluding hydrogens is 432 g/mol. The number of anilines is 1. The van der Waals surface area contributed by atoms with Crippen LogP contribution in [0, 0.1) is 0 Å². The van der Waals surface area contributed by atoms with Gasteiger partial charge in [-0.3, -0.25) is 0 Å². The molecule has 0 bridgehead atoms. The lowest BCUT2D eigenvalue weighted by molar-refractivity contribution is -0.139. The van der Waals surface area contributed by atoms with Gasteiger partial charge >= 0.3 is 12.6 Å². The van der Waals surface area contributed by atoms with Crippen LogP contribution in [0.5, 0.6) is 5.75 Å². The van der Waals surface area contributed by atoms with E-state index in [4.69, 9.17) is 16.3 Å². The second kappa shape index (κ2) is 10.5. The molecule has 0 spiro atoms. The Morgan fingerprint density at radius 1 is 1.29 bits per heavy atom. The molecule has 1 aliphatic rings. The lowest BCUT2D eigenvalue weighted by atomic mass is 9.95. The largest absolute Gasteiger partial charge is 0.462 e. The van der Waals surface area contributed by atoms with Crippen LogP contribution in [-0.2, 0) is 9.53 Å². The van der Waals surface area contributed by atoms with E-state index in [0.717, 1.165) is 32.1 Å². The van der Waals surface area contributed by atoms with E-state index in [2.05, 4.69) is 32.5 Å². The highest BCUT2D eigenvalue weighted by Crippen LogP contribution is 2.40. The monoisotopic (exact) mass is 455 g/mol. The molecule has 0 aliphatic carbocycles. The number of hydrogen-bond donors (Lipinski definition) is 1.